The van der Waals surface area contributed by atoms with E-state index in [-0.39, 0.29) is 5.41 Å². The van der Waals surface area contributed by atoms with Crippen LogP contribution in [0.3, 0.4) is 0 Å². The number of carbonyl (C=O) groups excluding carboxylic acids is 1. The van der Waals surface area contributed by atoms with E-state index in [4.69, 9.17) is 5.73 Å². The van der Waals surface area contributed by atoms with Crippen LogP contribution in [0, 0.1) is 5.41 Å². The SMILES string of the molecule is CCCN(CC(C)(C)CN)C(C)C(=O)NCC(F)(F)F. The van der Waals surface area contributed by atoms with E-state index in [1.54, 1.807) is 6.92 Å². The number of nitrogens with one attached hydrogen (secondary N) is 1. The number of alkyl halides is 3. The van der Waals surface area contributed by atoms with Gasteiger partial charge in [0.2, 0.25) is 5.91 Å². The molecule has 0 rings (SSSR count). The molecule has 120 valence electrons. The number of nitrogens with two attached hydrogens (primary N) is 1. The lowest BCUT2D eigenvalue weighted by Gasteiger charge is -2.35. The molecule has 0 heterocycles. The van der Waals surface area contributed by atoms with Crippen LogP contribution in [-0.4, -0.2) is 49.2 Å². The quantitative estimate of drug-likeness (QED) is 0.717. The maximum absolute atomic E-state index is 12.1. The number of halogens is 3. The predicted molar refractivity (Wildman–Crippen MR) is 73.2 cm³/mol. The summed E-state index contributed by atoms with van der Waals surface area (Å²) < 4.78 is 36.3. The summed E-state index contributed by atoms with van der Waals surface area (Å²) in [4.78, 5) is 13.7. The molecule has 0 aliphatic heterocycles. The number of carbonyl (C=O) groups is 1. The normalized spacial score (nSPS) is 14.4. The van der Waals surface area contributed by atoms with E-state index >= 15 is 0 Å². The van der Waals surface area contributed by atoms with Crippen molar-refractivity contribution in [2.75, 3.05) is 26.2 Å². The second kappa shape index (κ2) is 7.83. The van der Waals surface area contributed by atoms with E-state index in [2.05, 4.69) is 0 Å². The third-order valence-corrected chi connectivity index (χ3v) is 3.08. The fourth-order valence-corrected chi connectivity index (χ4v) is 1.81. The lowest BCUT2D eigenvalue weighted by atomic mass is 9.92. The average molecular weight is 297 g/mol. The van der Waals surface area contributed by atoms with Crippen LogP contribution in [0.2, 0.25) is 0 Å². The number of rotatable bonds is 8. The van der Waals surface area contributed by atoms with Crippen LogP contribution in [0.1, 0.15) is 34.1 Å². The Morgan fingerprint density at radius 1 is 1.35 bits per heavy atom. The molecular formula is C13H26F3N3O. The highest BCUT2D eigenvalue weighted by Gasteiger charge is 2.31. The molecule has 20 heavy (non-hydrogen) atoms. The predicted octanol–water partition coefficient (Wildman–Crippen LogP) is 1.75. The molecule has 4 nitrogen and oxygen atoms in total. The zero-order valence-electron chi connectivity index (χ0n) is 12.7. The van der Waals surface area contributed by atoms with Crippen LogP contribution in [0.4, 0.5) is 13.2 Å². The monoisotopic (exact) mass is 297 g/mol. The highest BCUT2D eigenvalue weighted by molar-refractivity contribution is 5.81. The molecular weight excluding hydrogens is 271 g/mol. The van der Waals surface area contributed by atoms with Crippen LogP contribution in [0.25, 0.3) is 0 Å². The molecule has 0 aromatic rings. The lowest BCUT2D eigenvalue weighted by Crippen LogP contribution is -2.51. The van der Waals surface area contributed by atoms with Crippen LogP contribution in [0.15, 0.2) is 0 Å². The van der Waals surface area contributed by atoms with Crippen LogP contribution < -0.4 is 11.1 Å². The van der Waals surface area contributed by atoms with Gasteiger partial charge in [-0.15, -0.1) is 0 Å². The number of hydrogen-bond donors (Lipinski definition) is 2. The van der Waals surface area contributed by atoms with E-state index in [0.29, 0.717) is 19.6 Å². The third-order valence-electron chi connectivity index (χ3n) is 3.08. The van der Waals surface area contributed by atoms with Gasteiger partial charge in [-0.2, -0.15) is 13.2 Å². The van der Waals surface area contributed by atoms with E-state index in [1.165, 1.54) is 0 Å². The molecule has 0 radical (unpaired) electrons. The Morgan fingerprint density at radius 3 is 2.30 bits per heavy atom. The minimum absolute atomic E-state index is 0.187. The molecule has 0 saturated heterocycles. The van der Waals surface area contributed by atoms with Crippen molar-refractivity contribution in [2.45, 2.75) is 46.3 Å². The average Bonchev–Trinajstić information content (AvgIpc) is 2.33. The highest BCUT2D eigenvalue weighted by atomic mass is 19.4. The zero-order chi connectivity index (χ0) is 16.0. The number of hydrogen-bond acceptors (Lipinski definition) is 3. The van der Waals surface area contributed by atoms with Crippen molar-refractivity contribution in [2.24, 2.45) is 11.1 Å². The standard InChI is InChI=1S/C13H26F3N3O/c1-5-6-19(9-12(3,4)7-17)10(2)11(20)18-8-13(14,15)16/h10H,5-9,17H2,1-4H3,(H,18,20). The first-order chi connectivity index (χ1) is 9.02. The molecule has 0 aliphatic rings. The van der Waals surface area contributed by atoms with E-state index in [1.807, 2.05) is 31.0 Å². The minimum atomic E-state index is -4.39. The smallest absolute Gasteiger partial charge is 0.346 e. The number of nitrogens with zero attached hydrogens (tertiary/aromatic N) is 1. The fourth-order valence-electron chi connectivity index (χ4n) is 1.81. The zero-order valence-corrected chi connectivity index (χ0v) is 12.7. The van der Waals surface area contributed by atoms with Crippen molar-refractivity contribution in [3.8, 4) is 0 Å². The van der Waals surface area contributed by atoms with Crippen molar-refractivity contribution in [3.05, 3.63) is 0 Å². The second-order valence-corrected chi connectivity index (χ2v) is 5.85. The van der Waals surface area contributed by atoms with Gasteiger partial charge in [0, 0.05) is 6.54 Å². The first kappa shape index (κ1) is 19.2. The summed E-state index contributed by atoms with van der Waals surface area (Å²) >= 11 is 0. The molecule has 7 heteroatoms. The van der Waals surface area contributed by atoms with Gasteiger partial charge in [0.05, 0.1) is 6.04 Å². The van der Waals surface area contributed by atoms with Gasteiger partial charge in [-0.25, -0.2) is 0 Å². The molecule has 3 N–H and O–H groups in total. The van der Waals surface area contributed by atoms with Gasteiger partial charge in [-0.3, -0.25) is 9.69 Å². The summed E-state index contributed by atoms with van der Waals surface area (Å²) in [6.07, 6.45) is -3.57. The maximum Gasteiger partial charge on any atom is 0.405 e. The van der Waals surface area contributed by atoms with Crippen LogP contribution in [-0.2, 0) is 4.79 Å². The Morgan fingerprint density at radius 2 is 1.90 bits per heavy atom. The van der Waals surface area contributed by atoms with Gasteiger partial charge in [0.1, 0.15) is 6.54 Å². The van der Waals surface area contributed by atoms with Crippen molar-refractivity contribution in [3.63, 3.8) is 0 Å². The van der Waals surface area contributed by atoms with Gasteiger partial charge in [0.15, 0.2) is 0 Å². The molecule has 0 aromatic heterocycles. The Bertz CT molecular complexity index is 306. The van der Waals surface area contributed by atoms with Gasteiger partial charge < -0.3 is 11.1 Å². The Balaban J connectivity index is 4.62. The van der Waals surface area contributed by atoms with Crippen molar-refractivity contribution in [1.29, 1.82) is 0 Å². The highest BCUT2D eigenvalue weighted by Crippen LogP contribution is 2.17. The minimum Gasteiger partial charge on any atom is -0.346 e. The largest absolute Gasteiger partial charge is 0.405 e. The van der Waals surface area contributed by atoms with Crippen LogP contribution in [0.5, 0.6) is 0 Å². The Kier molecular flexibility index (Phi) is 7.51. The molecule has 0 fully saturated rings. The summed E-state index contributed by atoms with van der Waals surface area (Å²) in [5.74, 6) is -0.608. The summed E-state index contributed by atoms with van der Waals surface area (Å²) in [7, 11) is 0. The topological polar surface area (TPSA) is 58.4 Å². The second-order valence-electron chi connectivity index (χ2n) is 5.85. The van der Waals surface area contributed by atoms with Crippen molar-refractivity contribution in [1.82, 2.24) is 10.2 Å². The Labute approximate surface area is 118 Å². The van der Waals surface area contributed by atoms with Crippen molar-refractivity contribution < 1.29 is 18.0 Å². The summed E-state index contributed by atoms with van der Waals surface area (Å²) in [6, 6.07) is -0.608. The Hall–Kier alpha value is -0.820. The molecule has 1 amide bonds. The fraction of sp³-hybridized carbons (Fsp3) is 0.923. The number of amides is 1. The van der Waals surface area contributed by atoms with E-state index < -0.39 is 24.7 Å². The first-order valence-corrected chi connectivity index (χ1v) is 6.81. The molecule has 0 spiro atoms. The molecule has 1 atom stereocenters. The van der Waals surface area contributed by atoms with Crippen molar-refractivity contribution >= 4 is 5.91 Å². The van der Waals surface area contributed by atoms with Gasteiger partial charge in [0.25, 0.3) is 0 Å². The van der Waals surface area contributed by atoms with Gasteiger partial charge >= 0.3 is 6.18 Å². The lowest BCUT2D eigenvalue weighted by molar-refractivity contribution is -0.141. The maximum atomic E-state index is 12.1. The molecule has 0 saturated carbocycles. The van der Waals surface area contributed by atoms with Crippen LogP contribution >= 0.6 is 0 Å². The summed E-state index contributed by atoms with van der Waals surface area (Å²) in [5, 5.41) is 1.93. The summed E-state index contributed by atoms with van der Waals surface area (Å²) in [6.45, 7) is 7.88. The molecule has 0 bridgehead atoms. The first-order valence-electron chi connectivity index (χ1n) is 6.81. The van der Waals surface area contributed by atoms with Gasteiger partial charge in [-0.1, -0.05) is 20.8 Å². The van der Waals surface area contributed by atoms with E-state index in [0.717, 1.165) is 6.42 Å². The third kappa shape index (κ3) is 7.69. The molecule has 0 aromatic carbocycles. The molecule has 1 unspecified atom stereocenters. The van der Waals surface area contributed by atoms with E-state index in [9.17, 15) is 18.0 Å². The molecule has 0 aliphatic carbocycles. The summed E-state index contributed by atoms with van der Waals surface area (Å²) in [5.41, 5.74) is 5.48. The van der Waals surface area contributed by atoms with Gasteiger partial charge in [-0.05, 0) is 31.8 Å².